The highest BCUT2D eigenvalue weighted by Crippen LogP contribution is 2.44. The van der Waals surface area contributed by atoms with Gasteiger partial charge in [-0.05, 0) is 66.9 Å². The third-order valence-corrected chi connectivity index (χ3v) is 9.73. The summed E-state index contributed by atoms with van der Waals surface area (Å²) >= 11 is 0. The van der Waals surface area contributed by atoms with Crippen molar-refractivity contribution in [3.8, 4) is 16.8 Å². The van der Waals surface area contributed by atoms with Gasteiger partial charge in [0.1, 0.15) is 5.82 Å². The summed E-state index contributed by atoms with van der Waals surface area (Å²) in [5, 5.41) is 8.29. The van der Waals surface area contributed by atoms with Crippen molar-refractivity contribution in [1.29, 1.82) is 5.41 Å². The van der Waals surface area contributed by atoms with Gasteiger partial charge in [-0.25, -0.2) is 12.8 Å². The second kappa shape index (κ2) is 10.4. The van der Waals surface area contributed by atoms with E-state index >= 15 is 0 Å². The first-order valence-corrected chi connectivity index (χ1v) is 15.5. The number of sulfone groups is 1. The molecule has 0 atom stereocenters. The third kappa shape index (κ3) is 4.91. The van der Waals surface area contributed by atoms with E-state index in [-0.39, 0.29) is 32.2 Å². The van der Waals surface area contributed by atoms with Crippen LogP contribution in [0.2, 0.25) is 0 Å². The average Bonchev–Trinajstić information content (AvgIpc) is 3.25. The fourth-order valence-electron chi connectivity index (χ4n) is 5.88. The molecule has 8 nitrogen and oxygen atoms in total. The van der Waals surface area contributed by atoms with Crippen molar-refractivity contribution < 1.29 is 23.8 Å². The molecule has 3 aromatic carbocycles. The second-order valence-electron chi connectivity index (χ2n) is 10.8. The molecule has 0 spiro atoms. The van der Waals surface area contributed by atoms with Crippen LogP contribution in [0.25, 0.3) is 27.7 Å². The third-order valence-electron chi connectivity index (χ3n) is 8.22. The molecule has 0 radical (unpaired) electrons. The van der Waals surface area contributed by atoms with Crippen molar-refractivity contribution in [2.75, 3.05) is 38.3 Å². The number of fused-ring (bicyclic) bond motifs is 1. The van der Waals surface area contributed by atoms with Crippen LogP contribution in [0.3, 0.4) is 0 Å². The Bertz CT molecular complexity index is 1760. The number of nitrogens with zero attached hydrogens (tertiary/aromatic N) is 2. The first kappa shape index (κ1) is 27.2. The molecule has 2 saturated heterocycles. The summed E-state index contributed by atoms with van der Waals surface area (Å²) in [5.74, 6) is -0.376. The molecule has 3 N–H and O–H groups in total. The highest BCUT2D eigenvalue weighted by Gasteiger charge is 2.37. The number of nitrogens with two attached hydrogens (primary N) is 1. The maximum atomic E-state index is 13.9. The van der Waals surface area contributed by atoms with E-state index in [1.165, 1.54) is 24.6 Å². The van der Waals surface area contributed by atoms with Gasteiger partial charge in [-0.15, -0.1) is 0 Å². The maximum Gasteiger partial charge on any atom is 0.253 e. The summed E-state index contributed by atoms with van der Waals surface area (Å²) in [7, 11) is -3.18. The van der Waals surface area contributed by atoms with Gasteiger partial charge in [0, 0.05) is 85.3 Å². The van der Waals surface area contributed by atoms with Crippen molar-refractivity contribution in [2.45, 2.75) is 24.0 Å². The van der Waals surface area contributed by atoms with E-state index in [1.807, 2.05) is 24.3 Å². The lowest BCUT2D eigenvalue weighted by Gasteiger charge is -2.38. The summed E-state index contributed by atoms with van der Waals surface area (Å²) in [6, 6.07) is 17.5. The number of nitrogens with one attached hydrogen (secondary N) is 1. The van der Waals surface area contributed by atoms with Gasteiger partial charge in [-0.2, -0.15) is 0 Å². The number of carbonyl (C=O) groups is 1. The molecule has 2 fully saturated rings. The largest absolute Gasteiger partial charge is 0.398 e. The Morgan fingerprint density at radius 3 is 2.34 bits per heavy atom. The number of rotatable bonds is 6. The molecule has 0 saturated carbocycles. The minimum atomic E-state index is -3.18. The van der Waals surface area contributed by atoms with E-state index in [4.69, 9.17) is 15.9 Å². The predicted octanol–water partition coefficient (Wildman–Crippen LogP) is 5.03. The van der Waals surface area contributed by atoms with Crippen LogP contribution in [0.4, 0.5) is 10.1 Å². The number of hydrogen-bond acceptors (Lipinski definition) is 6. The topological polar surface area (TPSA) is 118 Å². The average molecular weight is 577 g/mol. The lowest BCUT2D eigenvalue weighted by atomic mass is 9.89. The number of likely N-dealkylation sites (tertiary alicyclic amines) is 1. The first-order valence-electron chi connectivity index (χ1n) is 13.6. The van der Waals surface area contributed by atoms with Crippen molar-refractivity contribution >= 4 is 38.5 Å². The van der Waals surface area contributed by atoms with Crippen LogP contribution in [0.5, 0.6) is 0 Å². The summed E-state index contributed by atoms with van der Waals surface area (Å²) in [6.45, 7) is 1.65. The highest BCUT2D eigenvalue weighted by molar-refractivity contribution is 7.91. The van der Waals surface area contributed by atoms with Crippen molar-refractivity contribution in [2.24, 2.45) is 0 Å². The molecule has 214 valence electrons. The molecule has 6 rings (SSSR count). The number of aromatic nitrogens is 1. The monoisotopic (exact) mass is 576 g/mol. The number of anilines is 1. The fourth-order valence-corrected chi connectivity index (χ4v) is 6.78. The second-order valence-corrected chi connectivity index (χ2v) is 13.2. The maximum absolute atomic E-state index is 13.9. The fraction of sp³-hybridized carbons (Fsp3) is 0.290. The molecule has 10 heteroatoms. The van der Waals surface area contributed by atoms with E-state index in [2.05, 4.69) is 4.57 Å². The van der Waals surface area contributed by atoms with Gasteiger partial charge in [0.2, 0.25) is 0 Å². The minimum absolute atomic E-state index is 0. The van der Waals surface area contributed by atoms with Crippen LogP contribution in [-0.2, 0) is 14.6 Å². The summed E-state index contributed by atoms with van der Waals surface area (Å²) in [4.78, 5) is 14.6. The van der Waals surface area contributed by atoms with Crippen LogP contribution in [-0.4, -0.2) is 67.8 Å². The molecule has 0 unspecified atom stereocenters. The quantitative estimate of drug-likeness (QED) is 0.247. The molecular formula is C31H33FN4O4S. The van der Waals surface area contributed by atoms with Crippen molar-refractivity contribution in [3.63, 3.8) is 0 Å². The first-order chi connectivity index (χ1) is 19.7. The number of ether oxygens (including phenoxy) is 1. The lowest BCUT2D eigenvalue weighted by molar-refractivity contribution is 0.0659. The van der Waals surface area contributed by atoms with E-state index in [1.54, 1.807) is 29.2 Å². The van der Waals surface area contributed by atoms with Crippen LogP contribution >= 0.6 is 0 Å². The summed E-state index contributed by atoms with van der Waals surface area (Å²) in [6.07, 6.45) is 4.05. The van der Waals surface area contributed by atoms with E-state index in [0.717, 1.165) is 46.3 Å². The molecule has 3 heterocycles. The number of benzene rings is 3. The van der Waals surface area contributed by atoms with Crippen LogP contribution < -0.4 is 5.73 Å². The molecule has 4 aromatic rings. The number of amides is 1. The van der Waals surface area contributed by atoms with E-state index < -0.39 is 15.1 Å². The lowest BCUT2D eigenvalue weighted by Crippen LogP contribution is -2.56. The smallest absolute Gasteiger partial charge is 0.253 e. The Hall–Kier alpha value is -4.02. The molecule has 2 aliphatic heterocycles. The minimum Gasteiger partial charge on any atom is -0.398 e. The molecular weight excluding hydrogens is 543 g/mol. The number of nitrogen functional groups attached to an aromatic ring is 1. The zero-order chi connectivity index (χ0) is 28.9. The molecule has 0 bridgehead atoms. The molecule has 1 aromatic heterocycles. The standard InChI is InChI=1S/C31H31FN4O4S.H2/c1-41(38,39)25-17-35(18-25)31(37)21-4-2-19(3-5-21)29-26-15-27(34)22(16-33)14-28(26)36(24-8-6-23(32)7-9-24)30(29)20-10-12-40-13-11-20;/h2-9,14-16,20,25,33H,10-13,17-18,34H2,1H3;1H. The van der Waals surface area contributed by atoms with Crippen molar-refractivity contribution in [3.05, 3.63) is 83.3 Å². The Morgan fingerprint density at radius 1 is 1.07 bits per heavy atom. The van der Waals surface area contributed by atoms with Gasteiger partial charge in [0.05, 0.1) is 10.8 Å². The Balaban J connectivity index is 0.00000353. The Kier molecular flexibility index (Phi) is 6.91. The highest BCUT2D eigenvalue weighted by atomic mass is 32.2. The van der Waals surface area contributed by atoms with E-state index in [9.17, 15) is 17.6 Å². The van der Waals surface area contributed by atoms with Crippen LogP contribution in [0.1, 0.15) is 41.8 Å². The Morgan fingerprint density at radius 2 is 1.73 bits per heavy atom. The van der Waals surface area contributed by atoms with Gasteiger partial charge < -0.3 is 25.3 Å². The van der Waals surface area contributed by atoms with Gasteiger partial charge in [0.25, 0.3) is 5.91 Å². The summed E-state index contributed by atoms with van der Waals surface area (Å²) < 4.78 is 45.3. The van der Waals surface area contributed by atoms with Gasteiger partial charge >= 0.3 is 0 Å². The van der Waals surface area contributed by atoms with Gasteiger partial charge in [-0.3, -0.25) is 4.79 Å². The van der Waals surface area contributed by atoms with Crippen LogP contribution in [0, 0.1) is 11.2 Å². The molecule has 0 aliphatic carbocycles. The molecule has 1 amide bonds. The molecule has 2 aliphatic rings. The zero-order valence-electron chi connectivity index (χ0n) is 22.6. The van der Waals surface area contributed by atoms with E-state index in [0.29, 0.717) is 30.0 Å². The SMILES string of the molecule is CS(=O)(=O)C1CN(C(=O)c2ccc(-c3c(C4CCOCC4)n(-c4ccc(F)cc4)c4cc(C=N)c(N)cc34)cc2)C1.[HH]. The predicted molar refractivity (Wildman–Crippen MR) is 160 cm³/mol. The number of halogens is 1. The zero-order valence-corrected chi connectivity index (χ0v) is 23.5. The van der Waals surface area contributed by atoms with Crippen molar-refractivity contribution in [1.82, 2.24) is 9.47 Å². The Labute approximate surface area is 239 Å². The van der Waals surface area contributed by atoms with Crippen LogP contribution in [0.15, 0.2) is 60.7 Å². The summed E-state index contributed by atoms with van der Waals surface area (Å²) in [5.41, 5.74) is 12.5. The number of hydrogen-bond donors (Lipinski definition) is 2. The molecule has 41 heavy (non-hydrogen) atoms. The van der Waals surface area contributed by atoms with Gasteiger partial charge in [-0.1, -0.05) is 12.1 Å². The van der Waals surface area contributed by atoms with Gasteiger partial charge in [0.15, 0.2) is 9.84 Å². The number of carbonyl (C=O) groups excluding carboxylic acids is 1. The normalized spacial score (nSPS) is 16.6.